The van der Waals surface area contributed by atoms with Gasteiger partial charge in [0.1, 0.15) is 18.1 Å². The number of fused-ring (bicyclic) bond motifs is 2. The molecule has 36 heavy (non-hydrogen) atoms. The normalized spacial score (nSPS) is 11.4. The number of hydrogen-bond acceptors (Lipinski definition) is 6. The fraction of sp³-hybridized carbons (Fsp3) is 0.0741. The molecule has 2 aromatic heterocycles. The number of hydrogen-bond donors (Lipinski definition) is 1. The van der Waals surface area contributed by atoms with Gasteiger partial charge >= 0.3 is 0 Å². The first-order valence-electron chi connectivity index (χ1n) is 11.1. The summed E-state index contributed by atoms with van der Waals surface area (Å²) >= 11 is 0. The second kappa shape index (κ2) is 9.30. The molecule has 1 amide bonds. The zero-order valence-corrected chi connectivity index (χ0v) is 19.2. The Morgan fingerprint density at radius 3 is 2.36 bits per heavy atom. The highest BCUT2D eigenvalue weighted by Gasteiger charge is 2.14. The fourth-order valence-electron chi connectivity index (χ4n) is 4.13. The van der Waals surface area contributed by atoms with Crippen molar-refractivity contribution >= 4 is 39.6 Å². The Balaban J connectivity index is 1.35. The number of carbonyl (C=O) groups is 1. The number of hydrazone groups is 1. The Hall–Kier alpha value is -5.05. The number of pyridine rings is 1. The maximum atomic E-state index is 12.8. The van der Waals surface area contributed by atoms with Crippen LogP contribution in [0.2, 0.25) is 0 Å². The largest absolute Gasteiger partial charge is 0.455 e. The van der Waals surface area contributed by atoms with Gasteiger partial charge in [-0.1, -0.05) is 36.4 Å². The van der Waals surface area contributed by atoms with E-state index in [9.17, 15) is 19.7 Å². The van der Waals surface area contributed by atoms with Gasteiger partial charge in [-0.05, 0) is 43.3 Å². The van der Waals surface area contributed by atoms with Crippen LogP contribution in [0, 0.1) is 17.0 Å². The number of nitro groups is 1. The second-order valence-corrected chi connectivity index (χ2v) is 8.20. The van der Waals surface area contributed by atoms with Crippen LogP contribution in [-0.4, -0.2) is 21.6 Å². The van der Waals surface area contributed by atoms with Crippen molar-refractivity contribution in [1.82, 2.24) is 9.99 Å². The maximum Gasteiger partial charge on any atom is 0.273 e. The van der Waals surface area contributed by atoms with Crippen molar-refractivity contribution in [1.29, 1.82) is 0 Å². The molecule has 0 spiro atoms. The zero-order valence-electron chi connectivity index (χ0n) is 19.2. The summed E-state index contributed by atoms with van der Waals surface area (Å²) in [5.74, 6) is 0.427. The van der Waals surface area contributed by atoms with Crippen molar-refractivity contribution in [3.05, 3.63) is 111 Å². The summed E-state index contributed by atoms with van der Waals surface area (Å²) < 4.78 is 7.49. The first kappa shape index (κ1) is 22.7. The summed E-state index contributed by atoms with van der Waals surface area (Å²) in [6, 6.07) is 22.5. The van der Waals surface area contributed by atoms with Gasteiger partial charge in [0.25, 0.3) is 11.6 Å². The molecule has 178 valence electrons. The van der Waals surface area contributed by atoms with Crippen LogP contribution >= 0.6 is 0 Å². The molecule has 0 saturated heterocycles. The number of aromatic nitrogens is 1. The molecule has 3 aromatic carbocycles. The van der Waals surface area contributed by atoms with E-state index in [4.69, 9.17) is 4.42 Å². The quantitative estimate of drug-likeness (QED) is 0.162. The zero-order chi connectivity index (χ0) is 25.2. The van der Waals surface area contributed by atoms with Crippen molar-refractivity contribution in [2.24, 2.45) is 5.10 Å². The number of aryl methyl sites for hydroxylation is 1. The molecule has 2 heterocycles. The molecule has 0 unspecified atom stereocenters. The Morgan fingerprint density at radius 1 is 1.03 bits per heavy atom. The monoisotopic (exact) mass is 480 g/mol. The summed E-state index contributed by atoms with van der Waals surface area (Å²) in [4.78, 5) is 36.3. The van der Waals surface area contributed by atoms with E-state index in [1.807, 2.05) is 12.1 Å². The minimum Gasteiger partial charge on any atom is -0.455 e. The van der Waals surface area contributed by atoms with Crippen molar-refractivity contribution in [2.45, 2.75) is 13.5 Å². The Labute approximate surface area is 204 Å². The SMILES string of the molecule is Cc1ccc(-c2ccc(C=NNC(=O)Cn3c4ccccc4c(=O)c4ccccc43)o2)cc1[N+](=O)[O-]. The van der Waals surface area contributed by atoms with Crippen LogP contribution in [0.5, 0.6) is 0 Å². The van der Waals surface area contributed by atoms with Gasteiger partial charge in [0.15, 0.2) is 5.43 Å². The molecule has 0 aliphatic rings. The highest BCUT2D eigenvalue weighted by Crippen LogP contribution is 2.28. The maximum absolute atomic E-state index is 12.8. The average molecular weight is 480 g/mol. The molecule has 0 saturated carbocycles. The van der Waals surface area contributed by atoms with E-state index in [-0.39, 0.29) is 23.6 Å². The van der Waals surface area contributed by atoms with Gasteiger partial charge < -0.3 is 8.98 Å². The Bertz CT molecular complexity index is 1670. The average Bonchev–Trinajstić information content (AvgIpc) is 3.35. The van der Waals surface area contributed by atoms with Gasteiger partial charge in [0, 0.05) is 28.0 Å². The number of nitrogens with one attached hydrogen (secondary N) is 1. The number of furan rings is 1. The molecule has 0 bridgehead atoms. The molecule has 0 radical (unpaired) electrons. The third-order valence-corrected chi connectivity index (χ3v) is 5.88. The molecule has 0 aliphatic carbocycles. The molecule has 5 rings (SSSR count). The Kier molecular flexibility index (Phi) is 5.87. The van der Waals surface area contributed by atoms with Crippen molar-refractivity contribution in [3.8, 4) is 11.3 Å². The lowest BCUT2D eigenvalue weighted by Crippen LogP contribution is -2.25. The molecular formula is C27H20N4O5. The summed E-state index contributed by atoms with van der Waals surface area (Å²) in [6.45, 7) is 1.62. The van der Waals surface area contributed by atoms with E-state index in [2.05, 4.69) is 10.5 Å². The standard InChI is InChI=1S/C27H20N4O5/c1-17-10-11-18(14-24(17)31(34)35)25-13-12-19(36-25)15-28-29-26(32)16-30-22-8-4-2-6-20(22)27(33)21-7-3-5-9-23(21)30/h2-15H,16H2,1H3,(H,29,32). The topological polar surface area (TPSA) is 120 Å². The van der Waals surface area contributed by atoms with E-state index >= 15 is 0 Å². The predicted molar refractivity (Wildman–Crippen MR) is 137 cm³/mol. The van der Waals surface area contributed by atoms with Gasteiger partial charge in [0.2, 0.25) is 0 Å². The van der Waals surface area contributed by atoms with E-state index in [1.165, 1.54) is 12.3 Å². The lowest BCUT2D eigenvalue weighted by molar-refractivity contribution is -0.385. The third kappa shape index (κ3) is 4.25. The predicted octanol–water partition coefficient (Wildman–Crippen LogP) is 4.78. The smallest absolute Gasteiger partial charge is 0.273 e. The van der Waals surface area contributed by atoms with Crippen LogP contribution in [0.4, 0.5) is 5.69 Å². The lowest BCUT2D eigenvalue weighted by Gasteiger charge is -2.14. The van der Waals surface area contributed by atoms with Gasteiger partial charge in [0.05, 0.1) is 22.2 Å². The van der Waals surface area contributed by atoms with Crippen LogP contribution in [0.1, 0.15) is 11.3 Å². The molecule has 5 aromatic rings. The number of amides is 1. The number of carbonyl (C=O) groups excluding carboxylic acids is 1. The number of nitrogens with zero attached hydrogens (tertiary/aromatic N) is 3. The first-order chi connectivity index (χ1) is 17.4. The van der Waals surface area contributed by atoms with Crippen molar-refractivity contribution in [2.75, 3.05) is 0 Å². The summed E-state index contributed by atoms with van der Waals surface area (Å²) in [5.41, 5.74) is 4.85. The van der Waals surface area contributed by atoms with Crippen LogP contribution < -0.4 is 10.9 Å². The minimum atomic E-state index is -0.436. The van der Waals surface area contributed by atoms with Crippen molar-refractivity contribution in [3.63, 3.8) is 0 Å². The molecular weight excluding hydrogens is 460 g/mol. The number of rotatable bonds is 6. The third-order valence-electron chi connectivity index (χ3n) is 5.88. The second-order valence-electron chi connectivity index (χ2n) is 8.20. The van der Waals surface area contributed by atoms with E-state index < -0.39 is 4.92 Å². The minimum absolute atomic E-state index is 0.00828. The number of nitro benzene ring substituents is 1. The highest BCUT2D eigenvalue weighted by atomic mass is 16.6. The number of para-hydroxylation sites is 2. The van der Waals surface area contributed by atoms with E-state index in [1.54, 1.807) is 72.2 Å². The highest BCUT2D eigenvalue weighted by molar-refractivity contribution is 5.95. The van der Waals surface area contributed by atoms with E-state index in [0.29, 0.717) is 44.5 Å². The summed E-state index contributed by atoms with van der Waals surface area (Å²) in [6.07, 6.45) is 1.35. The number of benzene rings is 3. The van der Waals surface area contributed by atoms with Crippen LogP contribution in [0.3, 0.4) is 0 Å². The van der Waals surface area contributed by atoms with Gasteiger partial charge in [-0.25, -0.2) is 5.43 Å². The van der Waals surface area contributed by atoms with Gasteiger partial charge in [-0.15, -0.1) is 0 Å². The van der Waals surface area contributed by atoms with E-state index in [0.717, 1.165) is 0 Å². The molecule has 0 fully saturated rings. The Morgan fingerprint density at radius 2 is 1.69 bits per heavy atom. The molecule has 9 nitrogen and oxygen atoms in total. The molecule has 9 heteroatoms. The van der Waals surface area contributed by atoms with Crippen LogP contribution in [0.25, 0.3) is 33.1 Å². The van der Waals surface area contributed by atoms with Gasteiger partial charge in [-0.3, -0.25) is 19.7 Å². The fourth-order valence-corrected chi connectivity index (χ4v) is 4.13. The summed E-state index contributed by atoms with van der Waals surface area (Å²) in [7, 11) is 0. The first-order valence-corrected chi connectivity index (χ1v) is 11.1. The lowest BCUT2D eigenvalue weighted by atomic mass is 10.1. The molecule has 0 atom stereocenters. The summed E-state index contributed by atoms with van der Waals surface area (Å²) in [5, 5.41) is 16.3. The molecule has 0 aliphatic heterocycles. The van der Waals surface area contributed by atoms with Crippen LogP contribution in [0.15, 0.2) is 93.2 Å². The van der Waals surface area contributed by atoms with Crippen molar-refractivity contribution < 1.29 is 14.1 Å². The van der Waals surface area contributed by atoms with Crippen LogP contribution in [-0.2, 0) is 11.3 Å². The molecule has 1 N–H and O–H groups in total. The van der Waals surface area contributed by atoms with Gasteiger partial charge in [-0.2, -0.15) is 5.10 Å².